The number of pyridine rings is 1. The SMILES string of the molecule is CC(C)Oc1ccc(N2CC(C(=O)NCc3ccccn3)CC2=O)cc1. The number of aromatic nitrogens is 1. The van der Waals surface area contributed by atoms with Gasteiger partial charge < -0.3 is 15.0 Å². The lowest BCUT2D eigenvalue weighted by molar-refractivity contribution is -0.126. The molecule has 6 nitrogen and oxygen atoms in total. The van der Waals surface area contributed by atoms with Crippen LogP contribution >= 0.6 is 0 Å². The third-order valence-corrected chi connectivity index (χ3v) is 4.19. The minimum absolute atomic E-state index is 0.0412. The Bertz CT molecular complexity index is 760. The lowest BCUT2D eigenvalue weighted by Crippen LogP contribution is -2.32. The molecule has 2 aromatic rings. The number of nitrogens with zero attached hydrogens (tertiary/aromatic N) is 2. The summed E-state index contributed by atoms with van der Waals surface area (Å²) in [5, 5.41) is 2.86. The van der Waals surface area contributed by atoms with Crippen molar-refractivity contribution >= 4 is 17.5 Å². The van der Waals surface area contributed by atoms with Crippen molar-refractivity contribution in [3.63, 3.8) is 0 Å². The Morgan fingerprint density at radius 2 is 2.04 bits per heavy atom. The van der Waals surface area contributed by atoms with Crippen molar-refractivity contribution in [2.24, 2.45) is 5.92 Å². The van der Waals surface area contributed by atoms with Crippen LogP contribution in [-0.4, -0.2) is 29.4 Å². The highest BCUT2D eigenvalue weighted by atomic mass is 16.5. The fourth-order valence-electron chi connectivity index (χ4n) is 2.93. The number of anilines is 1. The van der Waals surface area contributed by atoms with Crippen LogP contribution in [0.1, 0.15) is 26.0 Å². The van der Waals surface area contributed by atoms with Crippen molar-refractivity contribution in [3.8, 4) is 5.75 Å². The summed E-state index contributed by atoms with van der Waals surface area (Å²) in [6.45, 7) is 4.68. The summed E-state index contributed by atoms with van der Waals surface area (Å²) in [4.78, 5) is 30.5. The number of carbonyl (C=O) groups excluding carboxylic acids is 2. The van der Waals surface area contributed by atoms with E-state index in [-0.39, 0.29) is 30.3 Å². The summed E-state index contributed by atoms with van der Waals surface area (Å²) in [6.07, 6.45) is 2.01. The first-order chi connectivity index (χ1) is 12.5. The fourth-order valence-corrected chi connectivity index (χ4v) is 2.93. The van der Waals surface area contributed by atoms with E-state index in [4.69, 9.17) is 4.74 Å². The molecule has 0 spiro atoms. The molecule has 3 rings (SSSR count). The van der Waals surface area contributed by atoms with E-state index in [0.29, 0.717) is 13.1 Å². The number of hydrogen-bond donors (Lipinski definition) is 1. The Morgan fingerprint density at radius 1 is 1.27 bits per heavy atom. The molecule has 1 N–H and O–H groups in total. The fraction of sp³-hybridized carbons (Fsp3) is 0.350. The van der Waals surface area contributed by atoms with Crippen molar-refractivity contribution in [1.82, 2.24) is 10.3 Å². The molecule has 1 aliphatic heterocycles. The van der Waals surface area contributed by atoms with Crippen LogP contribution in [0.5, 0.6) is 5.75 Å². The molecule has 2 heterocycles. The second kappa shape index (κ2) is 7.99. The lowest BCUT2D eigenvalue weighted by Gasteiger charge is -2.18. The topological polar surface area (TPSA) is 71.5 Å². The van der Waals surface area contributed by atoms with E-state index >= 15 is 0 Å². The molecule has 26 heavy (non-hydrogen) atoms. The molecule has 1 aliphatic rings. The third kappa shape index (κ3) is 4.39. The van der Waals surface area contributed by atoms with Crippen LogP contribution in [0.2, 0.25) is 0 Å². The number of nitrogens with one attached hydrogen (secondary N) is 1. The van der Waals surface area contributed by atoms with Crippen LogP contribution in [0.15, 0.2) is 48.7 Å². The Morgan fingerprint density at radius 3 is 2.69 bits per heavy atom. The molecule has 0 radical (unpaired) electrons. The van der Waals surface area contributed by atoms with E-state index in [1.54, 1.807) is 11.1 Å². The van der Waals surface area contributed by atoms with Gasteiger partial charge in [-0.2, -0.15) is 0 Å². The molecule has 1 fully saturated rings. The number of hydrogen-bond acceptors (Lipinski definition) is 4. The Hall–Kier alpha value is -2.89. The van der Waals surface area contributed by atoms with Gasteiger partial charge in [0.15, 0.2) is 0 Å². The first-order valence-corrected chi connectivity index (χ1v) is 8.77. The van der Waals surface area contributed by atoms with Gasteiger partial charge in [-0.3, -0.25) is 14.6 Å². The molecule has 0 saturated carbocycles. The zero-order valence-corrected chi connectivity index (χ0v) is 15.0. The molecule has 1 aromatic heterocycles. The van der Waals surface area contributed by atoms with Crippen molar-refractivity contribution < 1.29 is 14.3 Å². The highest BCUT2D eigenvalue weighted by molar-refractivity contribution is 6.00. The van der Waals surface area contributed by atoms with Gasteiger partial charge in [-0.25, -0.2) is 0 Å². The van der Waals surface area contributed by atoms with Gasteiger partial charge in [0.1, 0.15) is 5.75 Å². The maximum absolute atomic E-state index is 12.4. The van der Waals surface area contributed by atoms with Gasteiger partial charge in [0, 0.05) is 24.8 Å². The highest BCUT2D eigenvalue weighted by Gasteiger charge is 2.35. The van der Waals surface area contributed by atoms with Gasteiger partial charge in [0.05, 0.1) is 24.3 Å². The molecule has 1 saturated heterocycles. The predicted octanol–water partition coefficient (Wildman–Crippen LogP) is 2.54. The number of benzene rings is 1. The second-order valence-corrected chi connectivity index (χ2v) is 6.60. The van der Waals surface area contributed by atoms with Crippen LogP contribution in [0, 0.1) is 5.92 Å². The van der Waals surface area contributed by atoms with E-state index in [2.05, 4.69) is 10.3 Å². The average molecular weight is 353 g/mol. The minimum atomic E-state index is -0.349. The molecule has 1 aromatic carbocycles. The number of ether oxygens (including phenoxy) is 1. The molecule has 2 amide bonds. The zero-order valence-electron chi connectivity index (χ0n) is 15.0. The molecular formula is C20H23N3O3. The summed E-state index contributed by atoms with van der Waals surface area (Å²) < 4.78 is 5.62. The standard InChI is InChI=1S/C20H23N3O3/c1-14(2)26-18-8-6-17(7-9-18)23-13-15(11-19(23)24)20(25)22-12-16-5-3-4-10-21-16/h3-10,14-15H,11-13H2,1-2H3,(H,22,25). The van der Waals surface area contributed by atoms with E-state index in [1.165, 1.54) is 0 Å². The molecule has 1 atom stereocenters. The van der Waals surface area contributed by atoms with E-state index < -0.39 is 0 Å². The van der Waals surface area contributed by atoms with Gasteiger partial charge in [-0.05, 0) is 50.2 Å². The van der Waals surface area contributed by atoms with E-state index in [9.17, 15) is 9.59 Å². The van der Waals surface area contributed by atoms with Crippen molar-refractivity contribution in [2.75, 3.05) is 11.4 Å². The Balaban J connectivity index is 1.58. The number of rotatable bonds is 6. The van der Waals surface area contributed by atoms with Crippen LogP contribution < -0.4 is 15.0 Å². The van der Waals surface area contributed by atoms with Crippen LogP contribution in [0.4, 0.5) is 5.69 Å². The highest BCUT2D eigenvalue weighted by Crippen LogP contribution is 2.27. The molecule has 1 unspecified atom stereocenters. The van der Waals surface area contributed by atoms with Gasteiger partial charge in [0.2, 0.25) is 11.8 Å². The molecule has 6 heteroatoms. The first kappa shape index (κ1) is 17.9. The summed E-state index contributed by atoms with van der Waals surface area (Å²) in [5.41, 5.74) is 1.58. The quantitative estimate of drug-likeness (QED) is 0.866. The van der Waals surface area contributed by atoms with Crippen molar-refractivity contribution in [3.05, 3.63) is 54.4 Å². The minimum Gasteiger partial charge on any atom is -0.491 e. The van der Waals surface area contributed by atoms with Gasteiger partial charge >= 0.3 is 0 Å². The summed E-state index contributed by atoms with van der Waals surface area (Å²) in [7, 11) is 0. The van der Waals surface area contributed by atoms with Gasteiger partial charge in [-0.1, -0.05) is 6.07 Å². The lowest BCUT2D eigenvalue weighted by atomic mass is 10.1. The van der Waals surface area contributed by atoms with Gasteiger partial charge in [-0.15, -0.1) is 0 Å². The van der Waals surface area contributed by atoms with Crippen LogP contribution in [0.25, 0.3) is 0 Å². The number of amides is 2. The normalized spacial score (nSPS) is 16.8. The van der Waals surface area contributed by atoms with Crippen LogP contribution in [-0.2, 0) is 16.1 Å². The third-order valence-electron chi connectivity index (χ3n) is 4.19. The second-order valence-electron chi connectivity index (χ2n) is 6.60. The molecule has 0 aliphatic carbocycles. The van der Waals surface area contributed by atoms with Crippen molar-refractivity contribution in [2.45, 2.75) is 32.9 Å². The summed E-state index contributed by atoms with van der Waals surface area (Å²) in [5.74, 6) is 0.254. The van der Waals surface area contributed by atoms with Crippen LogP contribution in [0.3, 0.4) is 0 Å². The summed E-state index contributed by atoms with van der Waals surface area (Å²) >= 11 is 0. The van der Waals surface area contributed by atoms with E-state index in [0.717, 1.165) is 17.1 Å². The Labute approximate surface area is 153 Å². The maximum atomic E-state index is 12.4. The van der Waals surface area contributed by atoms with E-state index in [1.807, 2.05) is 56.3 Å². The van der Waals surface area contributed by atoms with Crippen molar-refractivity contribution in [1.29, 1.82) is 0 Å². The monoisotopic (exact) mass is 353 g/mol. The van der Waals surface area contributed by atoms with Gasteiger partial charge in [0.25, 0.3) is 0 Å². The smallest absolute Gasteiger partial charge is 0.227 e. The maximum Gasteiger partial charge on any atom is 0.227 e. The zero-order chi connectivity index (χ0) is 18.5. The summed E-state index contributed by atoms with van der Waals surface area (Å²) in [6, 6.07) is 13.0. The largest absolute Gasteiger partial charge is 0.491 e. The Kier molecular flexibility index (Phi) is 5.51. The first-order valence-electron chi connectivity index (χ1n) is 8.77. The molecule has 136 valence electrons. The molecular weight excluding hydrogens is 330 g/mol. The average Bonchev–Trinajstić information content (AvgIpc) is 3.02. The molecule has 0 bridgehead atoms. The predicted molar refractivity (Wildman–Crippen MR) is 98.7 cm³/mol. The number of carbonyl (C=O) groups is 2.